The second-order valence-corrected chi connectivity index (χ2v) is 5.77. The van der Waals surface area contributed by atoms with Gasteiger partial charge >= 0.3 is 0 Å². The first-order valence-electron chi connectivity index (χ1n) is 6.76. The first-order valence-corrected chi connectivity index (χ1v) is 6.76. The van der Waals surface area contributed by atoms with Gasteiger partial charge in [0.15, 0.2) is 0 Å². The van der Waals surface area contributed by atoms with Gasteiger partial charge in [-0.05, 0) is 24.3 Å². The van der Waals surface area contributed by atoms with E-state index in [1.165, 1.54) is 5.56 Å². The van der Waals surface area contributed by atoms with Crippen molar-refractivity contribution in [2.24, 2.45) is 11.8 Å². The van der Waals surface area contributed by atoms with Gasteiger partial charge in [-0.3, -0.25) is 4.79 Å². The first kappa shape index (κ1) is 14.7. The molecule has 0 radical (unpaired) electrons. The molecular weight excluding hydrogens is 222 g/mol. The molecule has 0 aliphatic heterocycles. The Kier molecular flexibility index (Phi) is 5.39. The minimum absolute atomic E-state index is 0.0515. The minimum Gasteiger partial charge on any atom is -0.355 e. The number of hydrogen-bond donors (Lipinski definition) is 1. The van der Waals surface area contributed by atoms with Gasteiger partial charge in [-0.15, -0.1) is 0 Å². The molecule has 0 spiro atoms. The number of aryl methyl sites for hydroxylation is 1. The van der Waals surface area contributed by atoms with Crippen LogP contribution in [0.2, 0.25) is 0 Å². The third kappa shape index (κ3) is 4.17. The molecule has 0 aliphatic rings. The number of nitrogens with one attached hydrogen (secondary N) is 1. The number of amides is 1. The molecule has 2 nitrogen and oxygen atoms in total. The van der Waals surface area contributed by atoms with Crippen LogP contribution in [0.1, 0.15) is 44.7 Å². The van der Waals surface area contributed by atoms with Crippen molar-refractivity contribution >= 4 is 5.91 Å². The van der Waals surface area contributed by atoms with E-state index in [1.807, 2.05) is 0 Å². The van der Waals surface area contributed by atoms with Gasteiger partial charge < -0.3 is 5.32 Å². The second-order valence-electron chi connectivity index (χ2n) is 5.77. The fourth-order valence-corrected chi connectivity index (χ4v) is 2.03. The second kappa shape index (κ2) is 6.58. The van der Waals surface area contributed by atoms with E-state index < -0.39 is 0 Å². The summed E-state index contributed by atoms with van der Waals surface area (Å²) in [5.41, 5.74) is 2.33. The van der Waals surface area contributed by atoms with Crippen LogP contribution in [0.5, 0.6) is 0 Å². The molecule has 1 unspecified atom stereocenters. The SMILES string of the molecule is Cc1ccc(C(C(=O)NCC(C)C)C(C)C)cc1. The first-order chi connectivity index (χ1) is 8.41. The highest BCUT2D eigenvalue weighted by molar-refractivity contribution is 5.83. The Balaban J connectivity index is 2.82. The van der Waals surface area contributed by atoms with Gasteiger partial charge in [-0.25, -0.2) is 0 Å². The Hall–Kier alpha value is -1.31. The number of carbonyl (C=O) groups excluding carboxylic acids is 1. The van der Waals surface area contributed by atoms with Crippen LogP contribution in [-0.2, 0) is 4.79 Å². The van der Waals surface area contributed by atoms with E-state index in [0.29, 0.717) is 11.8 Å². The maximum Gasteiger partial charge on any atom is 0.227 e. The third-order valence-electron chi connectivity index (χ3n) is 3.07. The quantitative estimate of drug-likeness (QED) is 0.847. The number of hydrogen-bond acceptors (Lipinski definition) is 1. The van der Waals surface area contributed by atoms with Crippen molar-refractivity contribution in [3.63, 3.8) is 0 Å². The van der Waals surface area contributed by atoms with Crippen LogP contribution < -0.4 is 5.32 Å². The molecule has 0 saturated heterocycles. The van der Waals surface area contributed by atoms with Gasteiger partial charge in [0.05, 0.1) is 5.92 Å². The summed E-state index contributed by atoms with van der Waals surface area (Å²) >= 11 is 0. The van der Waals surface area contributed by atoms with Crippen molar-refractivity contribution in [3.8, 4) is 0 Å². The lowest BCUT2D eigenvalue weighted by molar-refractivity contribution is -0.123. The third-order valence-corrected chi connectivity index (χ3v) is 3.07. The van der Waals surface area contributed by atoms with Crippen LogP contribution in [-0.4, -0.2) is 12.5 Å². The maximum absolute atomic E-state index is 12.3. The van der Waals surface area contributed by atoms with E-state index in [0.717, 1.165) is 12.1 Å². The zero-order valence-electron chi connectivity index (χ0n) is 12.2. The summed E-state index contributed by atoms with van der Waals surface area (Å²) in [6.07, 6.45) is 0. The smallest absolute Gasteiger partial charge is 0.227 e. The molecular formula is C16H25NO. The topological polar surface area (TPSA) is 29.1 Å². The number of carbonyl (C=O) groups is 1. The number of rotatable bonds is 5. The average molecular weight is 247 g/mol. The van der Waals surface area contributed by atoms with Crippen LogP contribution in [0.25, 0.3) is 0 Å². The molecule has 1 aromatic carbocycles. The zero-order chi connectivity index (χ0) is 13.7. The molecule has 100 valence electrons. The van der Waals surface area contributed by atoms with Gasteiger partial charge in [-0.2, -0.15) is 0 Å². The largest absolute Gasteiger partial charge is 0.355 e. The standard InChI is InChI=1S/C16H25NO/c1-11(2)10-17-16(18)15(12(3)4)14-8-6-13(5)7-9-14/h6-9,11-12,15H,10H2,1-5H3,(H,17,18). The van der Waals surface area contributed by atoms with Gasteiger partial charge in [-0.1, -0.05) is 57.5 Å². The fourth-order valence-electron chi connectivity index (χ4n) is 2.03. The molecule has 1 rings (SSSR count). The predicted molar refractivity (Wildman–Crippen MR) is 76.6 cm³/mol. The molecule has 1 atom stereocenters. The summed E-state index contributed by atoms with van der Waals surface area (Å²) in [7, 11) is 0. The van der Waals surface area contributed by atoms with Crippen molar-refractivity contribution in [3.05, 3.63) is 35.4 Å². The van der Waals surface area contributed by atoms with Crippen molar-refractivity contribution in [2.45, 2.75) is 40.5 Å². The molecule has 0 aliphatic carbocycles. The Labute approximate surface area is 111 Å². The summed E-state index contributed by atoms with van der Waals surface area (Å²) in [6, 6.07) is 8.27. The molecule has 1 aromatic rings. The van der Waals surface area contributed by atoms with E-state index >= 15 is 0 Å². The molecule has 18 heavy (non-hydrogen) atoms. The summed E-state index contributed by atoms with van der Waals surface area (Å²) in [5.74, 6) is 0.881. The molecule has 1 N–H and O–H groups in total. The van der Waals surface area contributed by atoms with Crippen LogP contribution >= 0.6 is 0 Å². The molecule has 2 heteroatoms. The Morgan fingerprint density at radius 1 is 1.11 bits per heavy atom. The van der Waals surface area contributed by atoms with E-state index in [2.05, 4.69) is 64.2 Å². The van der Waals surface area contributed by atoms with Crippen molar-refractivity contribution < 1.29 is 4.79 Å². The Morgan fingerprint density at radius 3 is 2.11 bits per heavy atom. The highest BCUT2D eigenvalue weighted by Gasteiger charge is 2.23. The Bertz CT molecular complexity index is 379. The van der Waals surface area contributed by atoms with E-state index in [9.17, 15) is 4.79 Å². The molecule has 0 bridgehead atoms. The van der Waals surface area contributed by atoms with Crippen molar-refractivity contribution in [2.75, 3.05) is 6.54 Å². The summed E-state index contributed by atoms with van der Waals surface area (Å²) in [5, 5.41) is 3.04. The van der Waals surface area contributed by atoms with Gasteiger partial charge in [0.2, 0.25) is 5.91 Å². The molecule has 0 saturated carbocycles. The van der Waals surface area contributed by atoms with Crippen molar-refractivity contribution in [1.82, 2.24) is 5.32 Å². The summed E-state index contributed by atoms with van der Waals surface area (Å²) < 4.78 is 0. The van der Waals surface area contributed by atoms with Crippen LogP contribution in [0.4, 0.5) is 0 Å². The van der Waals surface area contributed by atoms with Gasteiger partial charge in [0.25, 0.3) is 0 Å². The van der Waals surface area contributed by atoms with Gasteiger partial charge in [0, 0.05) is 6.54 Å². The minimum atomic E-state index is -0.0515. The molecule has 0 aromatic heterocycles. The monoisotopic (exact) mass is 247 g/mol. The van der Waals surface area contributed by atoms with E-state index in [1.54, 1.807) is 0 Å². The summed E-state index contributed by atoms with van der Waals surface area (Å²) in [6.45, 7) is 11.2. The highest BCUT2D eigenvalue weighted by Crippen LogP contribution is 2.25. The normalized spacial score (nSPS) is 12.8. The average Bonchev–Trinajstić information content (AvgIpc) is 2.29. The lowest BCUT2D eigenvalue weighted by Gasteiger charge is -2.21. The predicted octanol–water partition coefficient (Wildman–Crippen LogP) is 3.51. The van der Waals surface area contributed by atoms with Crippen LogP contribution in [0, 0.1) is 18.8 Å². The fraction of sp³-hybridized carbons (Fsp3) is 0.562. The lowest BCUT2D eigenvalue weighted by atomic mass is 9.87. The van der Waals surface area contributed by atoms with Gasteiger partial charge in [0.1, 0.15) is 0 Å². The Morgan fingerprint density at radius 2 is 1.67 bits per heavy atom. The van der Waals surface area contributed by atoms with Crippen LogP contribution in [0.15, 0.2) is 24.3 Å². The highest BCUT2D eigenvalue weighted by atomic mass is 16.1. The van der Waals surface area contributed by atoms with Crippen molar-refractivity contribution in [1.29, 1.82) is 0 Å². The lowest BCUT2D eigenvalue weighted by Crippen LogP contribution is -2.34. The molecule has 0 fully saturated rings. The zero-order valence-corrected chi connectivity index (χ0v) is 12.2. The molecule has 0 heterocycles. The summed E-state index contributed by atoms with van der Waals surface area (Å²) in [4.78, 5) is 12.3. The molecule has 1 amide bonds. The van der Waals surface area contributed by atoms with E-state index in [4.69, 9.17) is 0 Å². The van der Waals surface area contributed by atoms with Crippen LogP contribution in [0.3, 0.4) is 0 Å². The number of benzene rings is 1. The van der Waals surface area contributed by atoms with E-state index in [-0.39, 0.29) is 11.8 Å². The maximum atomic E-state index is 12.3.